The molecule has 0 rings (SSSR count). The quantitative estimate of drug-likeness (QED) is 0.722. The van der Waals surface area contributed by atoms with Gasteiger partial charge < -0.3 is 14.9 Å². The topological polar surface area (TPSA) is 26.7 Å². The van der Waals surface area contributed by atoms with Crippen LogP contribution in [0.2, 0.25) is 0 Å². The minimum Gasteiger partial charge on any atom is -0.392 e. The molecule has 0 unspecified atom stereocenters. The number of aliphatic hydroxyl groups is 1. The molecule has 0 atom stereocenters. The molecule has 20 heavy (non-hydrogen) atoms. The van der Waals surface area contributed by atoms with E-state index in [0.717, 1.165) is 26.1 Å². The molecule has 3 heteroatoms. The second kappa shape index (κ2) is 20.5. The maximum atomic E-state index is 7.98. The molecule has 0 aromatic carbocycles. The predicted molar refractivity (Wildman–Crippen MR) is 93.1 cm³/mol. The van der Waals surface area contributed by atoms with Crippen molar-refractivity contribution in [2.24, 2.45) is 0 Å². The zero-order chi connectivity index (χ0) is 16.4. The third-order valence-electron chi connectivity index (χ3n) is 2.54. The highest BCUT2D eigenvalue weighted by atomic mass is 16.2. The van der Waals surface area contributed by atoms with Crippen molar-refractivity contribution in [1.82, 2.24) is 9.80 Å². The highest BCUT2D eigenvalue weighted by molar-refractivity contribution is 4.96. The molecule has 3 nitrogen and oxygen atoms in total. The van der Waals surface area contributed by atoms with Crippen molar-refractivity contribution in [3.05, 3.63) is 23.9 Å². The highest BCUT2D eigenvalue weighted by Gasteiger charge is 2.01. The summed E-state index contributed by atoms with van der Waals surface area (Å²) in [6, 6.07) is 0. The van der Waals surface area contributed by atoms with Gasteiger partial charge in [0, 0.05) is 25.3 Å². The minimum absolute atomic E-state index is 0.163. The molecule has 0 saturated heterocycles. The van der Waals surface area contributed by atoms with Crippen molar-refractivity contribution in [1.29, 1.82) is 0 Å². The van der Waals surface area contributed by atoms with Crippen LogP contribution in [-0.4, -0.2) is 55.2 Å². The van der Waals surface area contributed by atoms with Crippen molar-refractivity contribution in [3.63, 3.8) is 0 Å². The number of aliphatic hydroxyl groups excluding tert-OH is 1. The van der Waals surface area contributed by atoms with Crippen LogP contribution in [0, 0.1) is 0 Å². The third-order valence-corrected chi connectivity index (χ3v) is 2.54. The van der Waals surface area contributed by atoms with E-state index in [1.54, 1.807) is 12.2 Å². The van der Waals surface area contributed by atoms with Crippen molar-refractivity contribution in [3.8, 4) is 0 Å². The molecule has 0 amide bonds. The second-order valence-electron chi connectivity index (χ2n) is 4.39. The number of allylic oxidation sites excluding steroid dienone is 3. The summed E-state index contributed by atoms with van der Waals surface area (Å²) in [5, 5.41) is 7.98. The highest BCUT2D eigenvalue weighted by Crippen LogP contribution is 2.03. The Balaban J connectivity index is -0.000000346. The maximum absolute atomic E-state index is 7.98. The van der Waals surface area contributed by atoms with Gasteiger partial charge >= 0.3 is 0 Å². The van der Waals surface area contributed by atoms with Crippen LogP contribution in [0.15, 0.2) is 23.9 Å². The molecule has 0 heterocycles. The van der Waals surface area contributed by atoms with Crippen LogP contribution in [0.1, 0.15) is 48.0 Å². The number of hydrogen-bond acceptors (Lipinski definition) is 3. The van der Waals surface area contributed by atoms with E-state index < -0.39 is 0 Å². The van der Waals surface area contributed by atoms with E-state index in [2.05, 4.69) is 50.7 Å². The summed E-state index contributed by atoms with van der Waals surface area (Å²) in [5.74, 6) is 0. The lowest BCUT2D eigenvalue weighted by Gasteiger charge is -2.25. The Bertz CT molecular complexity index is 223. The van der Waals surface area contributed by atoms with E-state index in [-0.39, 0.29) is 6.61 Å². The summed E-state index contributed by atoms with van der Waals surface area (Å²) in [6.07, 6.45) is 6.91. The van der Waals surface area contributed by atoms with Gasteiger partial charge in [0.25, 0.3) is 0 Å². The molecular formula is C17H38N2O. The molecule has 0 aliphatic rings. The van der Waals surface area contributed by atoms with Crippen LogP contribution < -0.4 is 0 Å². The molecule has 0 fully saturated rings. The first-order valence-electron chi connectivity index (χ1n) is 7.81. The van der Waals surface area contributed by atoms with Crippen molar-refractivity contribution in [2.75, 3.05) is 40.3 Å². The molecular weight excluding hydrogens is 248 g/mol. The van der Waals surface area contributed by atoms with Crippen molar-refractivity contribution in [2.45, 2.75) is 48.0 Å². The average molecular weight is 287 g/mol. The van der Waals surface area contributed by atoms with Gasteiger partial charge in [-0.1, -0.05) is 39.0 Å². The summed E-state index contributed by atoms with van der Waals surface area (Å²) >= 11 is 0. The fourth-order valence-corrected chi connectivity index (χ4v) is 1.43. The summed E-state index contributed by atoms with van der Waals surface area (Å²) in [5.41, 5.74) is 1.41. The number of rotatable bonds is 7. The molecule has 0 spiro atoms. The van der Waals surface area contributed by atoms with Gasteiger partial charge in [0.15, 0.2) is 0 Å². The van der Waals surface area contributed by atoms with Crippen molar-refractivity contribution >= 4 is 0 Å². The molecule has 0 aliphatic carbocycles. The van der Waals surface area contributed by atoms with Gasteiger partial charge in [-0.3, -0.25) is 0 Å². The number of likely N-dealkylation sites (N-methyl/N-ethyl adjacent to an activating group) is 2. The molecule has 0 aromatic rings. The zero-order valence-electron chi connectivity index (χ0n) is 15.1. The van der Waals surface area contributed by atoms with Crippen LogP contribution in [-0.2, 0) is 0 Å². The van der Waals surface area contributed by atoms with E-state index in [1.807, 2.05) is 20.8 Å². The average Bonchev–Trinajstić information content (AvgIpc) is 2.43. The fraction of sp³-hybridized carbons (Fsp3) is 0.765. The Hall–Kier alpha value is -0.800. The summed E-state index contributed by atoms with van der Waals surface area (Å²) in [6.45, 7) is 16.0. The van der Waals surface area contributed by atoms with Crippen LogP contribution in [0.25, 0.3) is 0 Å². The Kier molecular flexibility index (Phi) is 24.9. The van der Waals surface area contributed by atoms with Gasteiger partial charge in [0.1, 0.15) is 0 Å². The molecule has 0 aromatic heterocycles. The number of nitrogens with zero attached hydrogens (tertiary/aromatic N) is 2. The zero-order valence-corrected chi connectivity index (χ0v) is 15.1. The monoisotopic (exact) mass is 286 g/mol. The molecule has 122 valence electrons. The lowest BCUT2D eigenvalue weighted by atomic mass is 10.3. The standard InChI is InChI=1S/C11H24N2.C4H8O.C2H6/c1-6-8-11(3)13(7-2)10-9-12(4)5;1-2-3-4-5;1-2/h8H,6-7,9-10H2,1-5H3;2-3,5H,4H2,1H3;1-2H3/b11-8+;3-2-;. The summed E-state index contributed by atoms with van der Waals surface area (Å²) < 4.78 is 0. The maximum Gasteiger partial charge on any atom is 0.0612 e. The first kappa shape index (κ1) is 24.2. The first-order chi connectivity index (χ1) is 9.53. The van der Waals surface area contributed by atoms with Gasteiger partial charge in [-0.05, 0) is 41.3 Å². The van der Waals surface area contributed by atoms with Crippen molar-refractivity contribution < 1.29 is 5.11 Å². The van der Waals surface area contributed by atoms with Crippen LogP contribution in [0.3, 0.4) is 0 Å². The lowest BCUT2D eigenvalue weighted by molar-refractivity contribution is 0.298. The van der Waals surface area contributed by atoms with Gasteiger partial charge in [-0.25, -0.2) is 0 Å². The SMILES string of the molecule is C/C=C\CO.CC.CC/C=C(\C)N(CC)CCN(C)C. The smallest absolute Gasteiger partial charge is 0.0612 e. The molecule has 1 N–H and O–H groups in total. The Morgan fingerprint density at radius 1 is 1.10 bits per heavy atom. The van der Waals surface area contributed by atoms with E-state index in [9.17, 15) is 0 Å². The van der Waals surface area contributed by atoms with E-state index in [1.165, 1.54) is 5.70 Å². The van der Waals surface area contributed by atoms with E-state index >= 15 is 0 Å². The minimum atomic E-state index is 0.163. The van der Waals surface area contributed by atoms with Gasteiger partial charge in [0.05, 0.1) is 6.61 Å². The molecule has 0 radical (unpaired) electrons. The normalized spacial score (nSPS) is 10.8. The predicted octanol–water partition coefficient (Wildman–Crippen LogP) is 3.76. The lowest BCUT2D eigenvalue weighted by Crippen LogP contribution is -2.30. The number of hydrogen-bond donors (Lipinski definition) is 1. The first-order valence-corrected chi connectivity index (χ1v) is 7.81. The molecule has 0 aliphatic heterocycles. The Labute approximate surface area is 128 Å². The van der Waals surface area contributed by atoms with Gasteiger partial charge in [-0.15, -0.1) is 0 Å². The second-order valence-corrected chi connectivity index (χ2v) is 4.39. The third kappa shape index (κ3) is 19.5. The van der Waals surface area contributed by atoms with Crippen LogP contribution in [0.4, 0.5) is 0 Å². The summed E-state index contributed by atoms with van der Waals surface area (Å²) in [4.78, 5) is 4.64. The van der Waals surface area contributed by atoms with E-state index in [4.69, 9.17) is 5.11 Å². The Morgan fingerprint density at radius 3 is 1.90 bits per heavy atom. The fourth-order valence-electron chi connectivity index (χ4n) is 1.43. The largest absolute Gasteiger partial charge is 0.392 e. The van der Waals surface area contributed by atoms with E-state index in [0.29, 0.717) is 0 Å². The van der Waals surface area contributed by atoms with Gasteiger partial charge in [-0.2, -0.15) is 0 Å². The summed E-state index contributed by atoms with van der Waals surface area (Å²) in [7, 11) is 4.24. The Morgan fingerprint density at radius 2 is 1.65 bits per heavy atom. The van der Waals surface area contributed by atoms with Gasteiger partial charge in [0.2, 0.25) is 0 Å². The molecule has 0 bridgehead atoms. The van der Waals surface area contributed by atoms with Crippen LogP contribution in [0.5, 0.6) is 0 Å². The molecule has 0 saturated carbocycles. The van der Waals surface area contributed by atoms with Crippen LogP contribution >= 0.6 is 0 Å².